The number of halogens is 1. The molecule has 148 valence electrons. The lowest BCUT2D eigenvalue weighted by Crippen LogP contribution is -2.26. The molecule has 0 atom stereocenters. The fourth-order valence-electron chi connectivity index (χ4n) is 3.72. The fraction of sp³-hybridized carbons (Fsp3) is 0.261. The molecule has 1 aliphatic rings. The lowest BCUT2D eigenvalue weighted by molar-refractivity contribution is -0.116. The minimum Gasteiger partial charge on any atom is -0.351 e. The van der Waals surface area contributed by atoms with Gasteiger partial charge in [-0.05, 0) is 55.5 Å². The first-order valence-electron chi connectivity index (χ1n) is 9.92. The van der Waals surface area contributed by atoms with E-state index in [9.17, 15) is 4.79 Å². The summed E-state index contributed by atoms with van der Waals surface area (Å²) in [5.41, 5.74) is 5.61. The molecule has 0 fully saturated rings. The molecule has 1 N–H and O–H groups in total. The largest absolute Gasteiger partial charge is 0.351 e. The van der Waals surface area contributed by atoms with Crippen molar-refractivity contribution in [2.24, 2.45) is 0 Å². The van der Waals surface area contributed by atoms with Gasteiger partial charge in [-0.15, -0.1) is 0 Å². The predicted octanol–water partition coefficient (Wildman–Crippen LogP) is 4.31. The third-order valence-corrected chi connectivity index (χ3v) is 5.50. The lowest BCUT2D eigenvalue weighted by atomic mass is 9.94. The highest BCUT2D eigenvalue weighted by molar-refractivity contribution is 6.32. The number of benzene rings is 1. The third-order valence-electron chi connectivity index (χ3n) is 5.15. The maximum absolute atomic E-state index is 12.2. The van der Waals surface area contributed by atoms with E-state index in [-0.39, 0.29) is 5.91 Å². The first-order valence-corrected chi connectivity index (χ1v) is 10.3. The number of carbonyl (C=O) groups excluding carboxylic acids is 1. The van der Waals surface area contributed by atoms with Gasteiger partial charge in [0.15, 0.2) is 0 Å². The van der Waals surface area contributed by atoms with Gasteiger partial charge in [0.2, 0.25) is 5.91 Å². The quantitative estimate of drug-likeness (QED) is 0.620. The Morgan fingerprint density at radius 3 is 2.76 bits per heavy atom. The smallest absolute Gasteiger partial charge is 0.244 e. The summed E-state index contributed by atoms with van der Waals surface area (Å²) < 4.78 is 2.06. The zero-order chi connectivity index (χ0) is 20.1. The van der Waals surface area contributed by atoms with Crippen LogP contribution in [0.2, 0.25) is 5.02 Å². The van der Waals surface area contributed by atoms with E-state index in [0.717, 1.165) is 29.7 Å². The van der Waals surface area contributed by atoms with Crippen LogP contribution in [0, 0.1) is 0 Å². The Bertz CT molecular complexity index is 1030. The highest BCUT2D eigenvalue weighted by Crippen LogP contribution is 2.30. The van der Waals surface area contributed by atoms with E-state index >= 15 is 0 Å². The molecule has 1 amide bonds. The maximum Gasteiger partial charge on any atom is 0.244 e. The average molecular weight is 407 g/mol. The number of nitrogens with zero attached hydrogens (tertiary/aromatic N) is 3. The molecule has 0 unspecified atom stereocenters. The summed E-state index contributed by atoms with van der Waals surface area (Å²) in [6.45, 7) is 1.18. The molecule has 0 aliphatic heterocycles. The van der Waals surface area contributed by atoms with Crippen molar-refractivity contribution in [1.29, 1.82) is 0 Å². The lowest BCUT2D eigenvalue weighted by Gasteiger charge is -2.14. The molecule has 1 aliphatic carbocycles. The standard InChI is InChI=1S/C23H23ClN4O/c24-20-7-3-1-5-17(20)9-10-22(29)26-15-16-28-21-8-4-2-6-19(21)23(27-28)18-11-13-25-14-12-18/h1,3,5,7,9-14H,2,4,6,8,15-16H2,(H,26,29)/b10-9+. The summed E-state index contributed by atoms with van der Waals surface area (Å²) >= 11 is 6.11. The molecule has 0 bridgehead atoms. The van der Waals surface area contributed by atoms with Crippen molar-refractivity contribution in [3.05, 3.63) is 76.7 Å². The molecule has 0 spiro atoms. The Hall–Kier alpha value is -2.92. The van der Waals surface area contributed by atoms with Gasteiger partial charge in [-0.3, -0.25) is 14.5 Å². The summed E-state index contributed by atoms with van der Waals surface area (Å²) in [5.74, 6) is -0.139. The number of hydrogen-bond acceptors (Lipinski definition) is 3. The Morgan fingerprint density at radius 2 is 1.93 bits per heavy atom. The SMILES string of the molecule is O=C(/C=C/c1ccccc1Cl)NCCn1nc(-c2ccncc2)c2c1CCCC2. The first-order chi connectivity index (χ1) is 14.2. The van der Waals surface area contributed by atoms with E-state index in [0.29, 0.717) is 18.1 Å². The molecule has 5 nitrogen and oxygen atoms in total. The van der Waals surface area contributed by atoms with E-state index in [4.69, 9.17) is 16.7 Å². The first kappa shape index (κ1) is 19.4. The van der Waals surface area contributed by atoms with Gasteiger partial charge in [-0.25, -0.2) is 0 Å². The number of nitrogens with one attached hydrogen (secondary N) is 1. The molecule has 0 saturated heterocycles. The van der Waals surface area contributed by atoms with E-state index in [2.05, 4.69) is 15.0 Å². The molecule has 2 heterocycles. The summed E-state index contributed by atoms with van der Waals surface area (Å²) in [7, 11) is 0. The Balaban J connectivity index is 1.42. The van der Waals surface area contributed by atoms with Gasteiger partial charge >= 0.3 is 0 Å². The van der Waals surface area contributed by atoms with E-state index in [1.165, 1.54) is 30.2 Å². The molecule has 0 saturated carbocycles. The van der Waals surface area contributed by atoms with Gasteiger partial charge in [0.25, 0.3) is 0 Å². The second-order valence-corrected chi connectivity index (χ2v) is 7.49. The molecular weight excluding hydrogens is 384 g/mol. The summed E-state index contributed by atoms with van der Waals surface area (Å²) in [6.07, 6.45) is 11.3. The van der Waals surface area contributed by atoms with Gasteiger partial charge in [0.05, 0.1) is 12.2 Å². The molecule has 6 heteroatoms. The van der Waals surface area contributed by atoms with Crippen LogP contribution in [0.25, 0.3) is 17.3 Å². The van der Waals surface area contributed by atoms with Gasteiger partial charge in [0, 0.05) is 46.9 Å². The van der Waals surface area contributed by atoms with Crippen LogP contribution < -0.4 is 5.32 Å². The van der Waals surface area contributed by atoms with Crippen molar-refractivity contribution in [2.45, 2.75) is 32.2 Å². The van der Waals surface area contributed by atoms with Crippen LogP contribution in [-0.4, -0.2) is 27.2 Å². The number of carbonyl (C=O) groups is 1. The second kappa shape index (κ2) is 9.05. The predicted molar refractivity (Wildman–Crippen MR) is 116 cm³/mol. The van der Waals surface area contributed by atoms with Crippen molar-refractivity contribution >= 4 is 23.6 Å². The van der Waals surface area contributed by atoms with Gasteiger partial charge in [-0.1, -0.05) is 29.8 Å². The average Bonchev–Trinajstić information content (AvgIpc) is 3.13. The molecule has 0 radical (unpaired) electrons. The van der Waals surface area contributed by atoms with Crippen LogP contribution >= 0.6 is 11.6 Å². The number of hydrogen-bond donors (Lipinski definition) is 1. The number of amides is 1. The van der Waals surface area contributed by atoms with Crippen molar-refractivity contribution in [3.63, 3.8) is 0 Å². The Kier molecular flexibility index (Phi) is 6.06. The molecule has 3 aromatic rings. The van der Waals surface area contributed by atoms with Crippen molar-refractivity contribution in [2.75, 3.05) is 6.54 Å². The Morgan fingerprint density at radius 1 is 1.14 bits per heavy atom. The highest BCUT2D eigenvalue weighted by Gasteiger charge is 2.21. The summed E-state index contributed by atoms with van der Waals surface area (Å²) in [5, 5.41) is 8.43. The number of pyridine rings is 1. The normalized spacial score (nSPS) is 13.4. The van der Waals surface area contributed by atoms with Crippen LogP contribution in [0.4, 0.5) is 0 Å². The van der Waals surface area contributed by atoms with E-state index < -0.39 is 0 Å². The number of aromatic nitrogens is 3. The highest BCUT2D eigenvalue weighted by atomic mass is 35.5. The fourth-order valence-corrected chi connectivity index (χ4v) is 3.92. The maximum atomic E-state index is 12.2. The van der Waals surface area contributed by atoms with Crippen LogP contribution in [0.15, 0.2) is 54.9 Å². The topological polar surface area (TPSA) is 59.8 Å². The second-order valence-electron chi connectivity index (χ2n) is 7.09. The van der Waals surface area contributed by atoms with Gasteiger partial charge in [0.1, 0.15) is 0 Å². The monoisotopic (exact) mass is 406 g/mol. The van der Waals surface area contributed by atoms with E-state index in [1.54, 1.807) is 24.5 Å². The zero-order valence-corrected chi connectivity index (χ0v) is 16.9. The summed E-state index contributed by atoms with van der Waals surface area (Å²) in [6, 6.07) is 11.4. The van der Waals surface area contributed by atoms with Gasteiger partial charge < -0.3 is 5.32 Å². The Labute approximate surface area is 175 Å². The minimum absolute atomic E-state index is 0.139. The zero-order valence-electron chi connectivity index (χ0n) is 16.1. The van der Waals surface area contributed by atoms with Gasteiger partial charge in [-0.2, -0.15) is 5.10 Å². The molecular formula is C23H23ClN4O. The summed E-state index contributed by atoms with van der Waals surface area (Å²) in [4.78, 5) is 16.3. The minimum atomic E-state index is -0.139. The van der Waals surface area contributed by atoms with Crippen LogP contribution in [0.5, 0.6) is 0 Å². The van der Waals surface area contributed by atoms with Crippen LogP contribution in [-0.2, 0) is 24.2 Å². The molecule has 1 aromatic carbocycles. The van der Waals surface area contributed by atoms with Crippen molar-refractivity contribution in [3.8, 4) is 11.3 Å². The number of rotatable bonds is 6. The molecule has 2 aromatic heterocycles. The van der Waals surface area contributed by atoms with Crippen molar-refractivity contribution < 1.29 is 4.79 Å². The molecule has 29 heavy (non-hydrogen) atoms. The van der Waals surface area contributed by atoms with Crippen molar-refractivity contribution in [1.82, 2.24) is 20.1 Å². The van der Waals surface area contributed by atoms with Crippen LogP contribution in [0.1, 0.15) is 29.7 Å². The third kappa shape index (κ3) is 4.57. The van der Waals surface area contributed by atoms with E-state index in [1.807, 2.05) is 30.3 Å². The number of fused-ring (bicyclic) bond motifs is 1. The molecule has 4 rings (SSSR count). The van der Waals surface area contributed by atoms with Crippen LogP contribution in [0.3, 0.4) is 0 Å².